The second-order valence-corrected chi connectivity index (χ2v) is 5.55. The fourth-order valence-corrected chi connectivity index (χ4v) is 2.29. The topological polar surface area (TPSA) is 24.1 Å². The Balaban J connectivity index is 2.51. The van der Waals surface area contributed by atoms with E-state index in [4.69, 9.17) is 0 Å². The fourth-order valence-electron chi connectivity index (χ4n) is 2.29. The Bertz CT molecular complexity index is 461. The maximum Gasteiger partial charge on any atom is 0.0381 e. The molecule has 0 aliphatic heterocycles. The molecule has 0 unspecified atom stereocenters. The molecule has 0 bridgehead atoms. The Hall–Kier alpha value is -1.70. The molecule has 0 aromatic heterocycles. The molecule has 0 aliphatic carbocycles. The molecule has 1 aromatic rings. The molecule has 1 rings (SSSR count). The number of allylic oxidation sites excluding steroid dienone is 1. The molecule has 0 atom stereocenters. The zero-order valence-electron chi connectivity index (χ0n) is 13.8. The highest BCUT2D eigenvalue weighted by Crippen LogP contribution is 2.19. The van der Waals surface area contributed by atoms with Crippen molar-refractivity contribution in [3.63, 3.8) is 0 Å². The zero-order chi connectivity index (χ0) is 15.5. The first kappa shape index (κ1) is 17.4. The lowest BCUT2D eigenvalue weighted by Gasteiger charge is -2.12. The van der Waals surface area contributed by atoms with Gasteiger partial charge >= 0.3 is 0 Å². The minimum atomic E-state index is 0.933. The third kappa shape index (κ3) is 7.03. The van der Waals surface area contributed by atoms with Gasteiger partial charge in [0.2, 0.25) is 0 Å². The van der Waals surface area contributed by atoms with Gasteiger partial charge in [-0.2, -0.15) is 0 Å². The molecule has 2 nitrogen and oxygen atoms in total. The molecule has 2 N–H and O–H groups in total. The molecule has 0 spiro atoms. The van der Waals surface area contributed by atoms with Crippen LogP contribution in [0.1, 0.15) is 57.1 Å². The average molecular weight is 286 g/mol. The zero-order valence-corrected chi connectivity index (χ0v) is 13.8. The van der Waals surface area contributed by atoms with Crippen LogP contribution < -0.4 is 10.6 Å². The van der Waals surface area contributed by atoms with Crippen molar-refractivity contribution in [3.05, 3.63) is 48.2 Å². The number of rotatable bonds is 10. The van der Waals surface area contributed by atoms with Crippen molar-refractivity contribution in [1.29, 1.82) is 0 Å². The molecule has 0 amide bonds. The molecular weight excluding hydrogens is 256 g/mol. The Morgan fingerprint density at radius 1 is 1.14 bits per heavy atom. The fraction of sp³-hybridized carbons (Fsp3) is 0.474. The summed E-state index contributed by atoms with van der Waals surface area (Å²) < 4.78 is 0. The number of nitrogens with one attached hydrogen (secondary N) is 2. The van der Waals surface area contributed by atoms with Gasteiger partial charge in [0, 0.05) is 17.9 Å². The van der Waals surface area contributed by atoms with E-state index in [1.807, 2.05) is 19.2 Å². The molecule has 0 heterocycles. The molecule has 1 aromatic carbocycles. The van der Waals surface area contributed by atoms with Crippen molar-refractivity contribution >= 4 is 11.4 Å². The smallest absolute Gasteiger partial charge is 0.0381 e. The van der Waals surface area contributed by atoms with Crippen molar-refractivity contribution in [2.75, 3.05) is 11.9 Å². The van der Waals surface area contributed by atoms with E-state index in [2.05, 4.69) is 49.3 Å². The Morgan fingerprint density at radius 2 is 1.90 bits per heavy atom. The number of aryl methyl sites for hydroxylation is 1. The summed E-state index contributed by atoms with van der Waals surface area (Å²) in [6.07, 6.45) is 10.4. The largest absolute Gasteiger partial charge is 0.385 e. The monoisotopic (exact) mass is 286 g/mol. The van der Waals surface area contributed by atoms with Gasteiger partial charge in [0.25, 0.3) is 0 Å². The normalized spacial score (nSPS) is 10.8. The van der Waals surface area contributed by atoms with Gasteiger partial charge < -0.3 is 10.6 Å². The lowest BCUT2D eigenvalue weighted by atomic mass is 10.1. The number of benzene rings is 1. The minimum absolute atomic E-state index is 0.933. The summed E-state index contributed by atoms with van der Waals surface area (Å²) in [6.45, 7) is 11.5. The number of unbranched alkanes of at least 4 members (excludes halogenated alkanes) is 4. The Kier molecular flexibility index (Phi) is 8.34. The van der Waals surface area contributed by atoms with Crippen LogP contribution in [0.3, 0.4) is 0 Å². The molecule has 0 saturated heterocycles. The summed E-state index contributed by atoms with van der Waals surface area (Å²) in [4.78, 5) is 0. The highest BCUT2D eigenvalue weighted by Gasteiger charge is 2.01. The quantitative estimate of drug-likeness (QED) is 0.557. The Morgan fingerprint density at radius 3 is 2.62 bits per heavy atom. The second-order valence-electron chi connectivity index (χ2n) is 5.55. The molecule has 21 heavy (non-hydrogen) atoms. The number of anilines is 1. The van der Waals surface area contributed by atoms with Gasteiger partial charge in [-0.15, -0.1) is 0 Å². The summed E-state index contributed by atoms with van der Waals surface area (Å²) in [5.41, 5.74) is 4.51. The maximum atomic E-state index is 4.08. The highest BCUT2D eigenvalue weighted by molar-refractivity contribution is 5.67. The van der Waals surface area contributed by atoms with Crippen LogP contribution in [0.25, 0.3) is 5.70 Å². The van der Waals surface area contributed by atoms with Crippen molar-refractivity contribution in [2.45, 2.75) is 52.9 Å². The third-order valence-corrected chi connectivity index (χ3v) is 3.46. The molecular formula is C19H30N2. The van der Waals surface area contributed by atoms with Gasteiger partial charge in [0.05, 0.1) is 0 Å². The van der Waals surface area contributed by atoms with E-state index >= 15 is 0 Å². The van der Waals surface area contributed by atoms with E-state index < -0.39 is 0 Å². The minimum Gasteiger partial charge on any atom is -0.385 e. The van der Waals surface area contributed by atoms with Crippen molar-refractivity contribution in [3.8, 4) is 0 Å². The van der Waals surface area contributed by atoms with Crippen LogP contribution in [-0.4, -0.2) is 6.54 Å². The predicted molar refractivity (Wildman–Crippen MR) is 95.4 cm³/mol. The van der Waals surface area contributed by atoms with Gasteiger partial charge in [0.15, 0.2) is 0 Å². The highest BCUT2D eigenvalue weighted by atomic mass is 14.9. The first-order valence-electron chi connectivity index (χ1n) is 8.10. The van der Waals surface area contributed by atoms with E-state index in [-0.39, 0.29) is 0 Å². The SMILES string of the molecule is C=C(N/C=C\C)c1cc(C)cc(NCCCCCCC)c1. The van der Waals surface area contributed by atoms with E-state index in [9.17, 15) is 0 Å². The first-order chi connectivity index (χ1) is 10.2. The first-order valence-corrected chi connectivity index (χ1v) is 8.10. The van der Waals surface area contributed by atoms with E-state index in [0.29, 0.717) is 0 Å². The third-order valence-electron chi connectivity index (χ3n) is 3.46. The summed E-state index contributed by atoms with van der Waals surface area (Å²) in [6, 6.07) is 6.52. The van der Waals surface area contributed by atoms with E-state index in [1.165, 1.54) is 43.4 Å². The maximum absolute atomic E-state index is 4.08. The molecule has 0 saturated carbocycles. The van der Waals surface area contributed by atoms with Gasteiger partial charge in [-0.05, 0) is 55.8 Å². The standard InChI is InChI=1S/C19H30N2/c1-5-7-8-9-10-12-21-19-14-16(3)13-18(15-19)17(4)20-11-6-2/h6,11,13-15,20-21H,4-5,7-10,12H2,1-3H3/b11-6-. The molecule has 116 valence electrons. The summed E-state index contributed by atoms with van der Waals surface area (Å²) in [7, 11) is 0. The number of hydrogen-bond donors (Lipinski definition) is 2. The Labute approximate surface area is 130 Å². The average Bonchev–Trinajstić information content (AvgIpc) is 2.47. The molecule has 0 radical (unpaired) electrons. The van der Waals surface area contributed by atoms with Crippen LogP contribution in [0.5, 0.6) is 0 Å². The molecule has 0 fully saturated rings. The van der Waals surface area contributed by atoms with Crippen molar-refractivity contribution in [2.24, 2.45) is 0 Å². The van der Waals surface area contributed by atoms with Crippen LogP contribution in [0.4, 0.5) is 5.69 Å². The van der Waals surface area contributed by atoms with Gasteiger partial charge in [-0.3, -0.25) is 0 Å². The van der Waals surface area contributed by atoms with Crippen molar-refractivity contribution < 1.29 is 0 Å². The van der Waals surface area contributed by atoms with Gasteiger partial charge in [-0.25, -0.2) is 0 Å². The van der Waals surface area contributed by atoms with Crippen LogP contribution in [0.15, 0.2) is 37.1 Å². The summed E-state index contributed by atoms with van der Waals surface area (Å²) in [5, 5.41) is 6.72. The summed E-state index contributed by atoms with van der Waals surface area (Å²) >= 11 is 0. The van der Waals surface area contributed by atoms with E-state index in [1.54, 1.807) is 0 Å². The van der Waals surface area contributed by atoms with Gasteiger partial charge in [-0.1, -0.05) is 45.3 Å². The van der Waals surface area contributed by atoms with Crippen LogP contribution >= 0.6 is 0 Å². The predicted octanol–water partition coefficient (Wildman–Crippen LogP) is 5.47. The van der Waals surface area contributed by atoms with Gasteiger partial charge in [0.1, 0.15) is 0 Å². The molecule has 0 aliphatic rings. The lowest BCUT2D eigenvalue weighted by molar-refractivity contribution is 0.645. The molecule has 2 heteroatoms. The second kappa shape index (κ2) is 10.1. The van der Waals surface area contributed by atoms with Crippen LogP contribution in [-0.2, 0) is 0 Å². The number of hydrogen-bond acceptors (Lipinski definition) is 2. The lowest BCUT2D eigenvalue weighted by Crippen LogP contribution is -2.05. The van der Waals surface area contributed by atoms with Crippen LogP contribution in [0.2, 0.25) is 0 Å². The van der Waals surface area contributed by atoms with Crippen molar-refractivity contribution in [1.82, 2.24) is 5.32 Å². The summed E-state index contributed by atoms with van der Waals surface area (Å²) in [5.74, 6) is 0. The van der Waals surface area contributed by atoms with E-state index in [0.717, 1.165) is 17.8 Å². The van der Waals surface area contributed by atoms with Crippen LogP contribution in [0, 0.1) is 6.92 Å².